The molecule has 1 aromatic rings. The number of ketones is 1. The number of aliphatic hydroxyl groups excluding tert-OH is 1. The summed E-state index contributed by atoms with van der Waals surface area (Å²) in [5.41, 5.74) is 0. The Morgan fingerprint density at radius 3 is 3.08 bits per heavy atom. The zero-order valence-corrected chi connectivity index (χ0v) is 7.62. The maximum Gasteiger partial charge on any atom is 0.194 e. The van der Waals surface area contributed by atoms with Crippen LogP contribution in [0.5, 0.6) is 0 Å². The number of aliphatic hydroxyl groups is 1. The molecule has 0 aromatic carbocycles. The van der Waals surface area contributed by atoms with Crippen LogP contribution in [0, 0.1) is 0 Å². The van der Waals surface area contributed by atoms with Crippen molar-refractivity contribution in [3.63, 3.8) is 0 Å². The SMILES string of the molecule is CC(=O)Cc1cnc(CCCO)o1. The van der Waals surface area contributed by atoms with Crippen LogP contribution in [-0.4, -0.2) is 22.5 Å². The van der Waals surface area contributed by atoms with Crippen LogP contribution in [0.25, 0.3) is 0 Å². The Hall–Kier alpha value is -1.16. The average molecular weight is 183 g/mol. The van der Waals surface area contributed by atoms with Crippen LogP contribution in [0.3, 0.4) is 0 Å². The Labute approximate surface area is 76.6 Å². The third kappa shape index (κ3) is 3.38. The number of hydrogen-bond acceptors (Lipinski definition) is 4. The lowest BCUT2D eigenvalue weighted by Gasteiger charge is -1.91. The van der Waals surface area contributed by atoms with Crippen molar-refractivity contribution in [1.82, 2.24) is 4.98 Å². The Balaban J connectivity index is 2.48. The highest BCUT2D eigenvalue weighted by Crippen LogP contribution is 2.06. The lowest BCUT2D eigenvalue weighted by atomic mass is 10.3. The Morgan fingerprint density at radius 2 is 2.46 bits per heavy atom. The predicted molar refractivity (Wildman–Crippen MR) is 46.3 cm³/mol. The number of nitrogens with zero attached hydrogens (tertiary/aromatic N) is 1. The van der Waals surface area contributed by atoms with Crippen LogP contribution < -0.4 is 0 Å². The summed E-state index contributed by atoms with van der Waals surface area (Å²) in [5, 5.41) is 8.56. The standard InChI is InChI=1S/C9H13NO3/c1-7(12)5-8-6-10-9(13-8)3-2-4-11/h6,11H,2-5H2,1H3. The van der Waals surface area contributed by atoms with Gasteiger partial charge in [-0.1, -0.05) is 0 Å². The number of Topliss-reactive ketones (excluding diaryl/α,β-unsaturated/α-hetero) is 1. The van der Waals surface area contributed by atoms with E-state index in [1.807, 2.05) is 0 Å². The molecule has 0 bridgehead atoms. The average Bonchev–Trinajstić information content (AvgIpc) is 2.48. The second-order valence-corrected chi connectivity index (χ2v) is 2.93. The fourth-order valence-electron chi connectivity index (χ4n) is 1.02. The molecule has 0 radical (unpaired) electrons. The molecule has 0 aliphatic rings. The minimum absolute atomic E-state index is 0.0601. The third-order valence-corrected chi connectivity index (χ3v) is 1.57. The van der Waals surface area contributed by atoms with E-state index < -0.39 is 0 Å². The quantitative estimate of drug-likeness (QED) is 0.731. The lowest BCUT2D eigenvalue weighted by molar-refractivity contribution is -0.116. The molecule has 0 unspecified atom stereocenters. The minimum Gasteiger partial charge on any atom is -0.445 e. The summed E-state index contributed by atoms with van der Waals surface area (Å²) in [7, 11) is 0. The Morgan fingerprint density at radius 1 is 1.69 bits per heavy atom. The molecule has 72 valence electrons. The van der Waals surface area contributed by atoms with Crippen molar-refractivity contribution in [2.45, 2.75) is 26.2 Å². The fourth-order valence-corrected chi connectivity index (χ4v) is 1.02. The first-order valence-electron chi connectivity index (χ1n) is 4.26. The maximum absolute atomic E-state index is 10.7. The van der Waals surface area contributed by atoms with Gasteiger partial charge in [0.1, 0.15) is 11.5 Å². The topological polar surface area (TPSA) is 63.3 Å². The molecule has 1 aromatic heterocycles. The van der Waals surface area contributed by atoms with Crippen molar-refractivity contribution >= 4 is 5.78 Å². The molecule has 0 atom stereocenters. The molecular weight excluding hydrogens is 170 g/mol. The van der Waals surface area contributed by atoms with Crippen LogP contribution in [0.15, 0.2) is 10.6 Å². The molecule has 0 fully saturated rings. The van der Waals surface area contributed by atoms with Crippen molar-refractivity contribution in [3.8, 4) is 0 Å². The highest BCUT2D eigenvalue weighted by molar-refractivity contribution is 5.77. The molecule has 1 heterocycles. The van der Waals surface area contributed by atoms with Crippen LogP contribution >= 0.6 is 0 Å². The normalized spacial score (nSPS) is 10.3. The third-order valence-electron chi connectivity index (χ3n) is 1.57. The molecule has 0 aliphatic carbocycles. The summed E-state index contributed by atoms with van der Waals surface area (Å²) in [4.78, 5) is 14.7. The summed E-state index contributed by atoms with van der Waals surface area (Å²) in [6, 6.07) is 0. The molecule has 4 nitrogen and oxygen atoms in total. The number of aromatic nitrogens is 1. The van der Waals surface area contributed by atoms with Crippen molar-refractivity contribution < 1.29 is 14.3 Å². The zero-order chi connectivity index (χ0) is 9.68. The number of oxazole rings is 1. The highest BCUT2D eigenvalue weighted by Gasteiger charge is 2.05. The van der Waals surface area contributed by atoms with E-state index in [1.165, 1.54) is 6.92 Å². The van der Waals surface area contributed by atoms with Gasteiger partial charge in [-0.15, -0.1) is 0 Å². The van der Waals surface area contributed by atoms with E-state index in [9.17, 15) is 4.79 Å². The molecule has 0 amide bonds. The molecule has 1 rings (SSSR count). The first kappa shape index (κ1) is 9.92. The molecule has 0 spiro atoms. The van der Waals surface area contributed by atoms with E-state index in [4.69, 9.17) is 9.52 Å². The van der Waals surface area contributed by atoms with Gasteiger partial charge >= 0.3 is 0 Å². The van der Waals surface area contributed by atoms with E-state index in [1.54, 1.807) is 6.20 Å². The Bertz CT molecular complexity index is 280. The summed E-state index contributed by atoms with van der Waals surface area (Å²) in [6.07, 6.45) is 3.12. The van der Waals surface area contributed by atoms with Crippen molar-refractivity contribution in [3.05, 3.63) is 17.8 Å². The number of carbonyl (C=O) groups is 1. The summed E-state index contributed by atoms with van der Waals surface area (Å²) in [5.74, 6) is 1.25. The van der Waals surface area contributed by atoms with Gasteiger partial charge in [-0.3, -0.25) is 4.79 Å². The van der Waals surface area contributed by atoms with E-state index in [0.29, 0.717) is 30.9 Å². The predicted octanol–water partition coefficient (Wildman–Crippen LogP) is 0.731. The van der Waals surface area contributed by atoms with E-state index >= 15 is 0 Å². The molecule has 0 saturated heterocycles. The molecule has 4 heteroatoms. The van der Waals surface area contributed by atoms with Gasteiger partial charge < -0.3 is 9.52 Å². The largest absolute Gasteiger partial charge is 0.445 e. The van der Waals surface area contributed by atoms with Gasteiger partial charge in [0.25, 0.3) is 0 Å². The zero-order valence-electron chi connectivity index (χ0n) is 7.62. The van der Waals surface area contributed by atoms with Gasteiger partial charge in [-0.05, 0) is 13.3 Å². The minimum atomic E-state index is 0.0601. The first-order valence-corrected chi connectivity index (χ1v) is 4.26. The van der Waals surface area contributed by atoms with Gasteiger partial charge in [0, 0.05) is 13.0 Å². The van der Waals surface area contributed by atoms with Crippen molar-refractivity contribution in [1.29, 1.82) is 0 Å². The smallest absolute Gasteiger partial charge is 0.194 e. The monoisotopic (exact) mass is 183 g/mol. The van der Waals surface area contributed by atoms with E-state index in [-0.39, 0.29) is 12.4 Å². The van der Waals surface area contributed by atoms with Gasteiger partial charge in [0.15, 0.2) is 5.89 Å². The van der Waals surface area contributed by atoms with Gasteiger partial charge in [0.05, 0.1) is 12.6 Å². The van der Waals surface area contributed by atoms with Crippen LogP contribution in [0.4, 0.5) is 0 Å². The van der Waals surface area contributed by atoms with Crippen LogP contribution in [0.2, 0.25) is 0 Å². The summed E-state index contributed by atoms with van der Waals surface area (Å²) in [6.45, 7) is 1.64. The van der Waals surface area contributed by atoms with E-state index in [2.05, 4.69) is 4.98 Å². The fraction of sp³-hybridized carbons (Fsp3) is 0.556. The number of aryl methyl sites for hydroxylation is 1. The maximum atomic E-state index is 10.7. The van der Waals surface area contributed by atoms with Crippen molar-refractivity contribution in [2.24, 2.45) is 0 Å². The second kappa shape index (κ2) is 4.77. The van der Waals surface area contributed by atoms with Crippen LogP contribution in [0.1, 0.15) is 25.0 Å². The van der Waals surface area contributed by atoms with Crippen LogP contribution in [-0.2, 0) is 17.6 Å². The molecular formula is C9H13NO3. The summed E-state index contributed by atoms with van der Waals surface area (Å²) >= 11 is 0. The molecule has 1 N–H and O–H groups in total. The van der Waals surface area contributed by atoms with Gasteiger partial charge in [-0.2, -0.15) is 0 Å². The summed E-state index contributed by atoms with van der Waals surface area (Å²) < 4.78 is 5.25. The Kier molecular flexibility index (Phi) is 3.64. The van der Waals surface area contributed by atoms with Crippen molar-refractivity contribution in [2.75, 3.05) is 6.61 Å². The number of carbonyl (C=O) groups excluding carboxylic acids is 1. The number of hydrogen-bond donors (Lipinski definition) is 1. The van der Waals surface area contributed by atoms with Gasteiger partial charge in [-0.25, -0.2) is 4.98 Å². The lowest BCUT2D eigenvalue weighted by Crippen LogP contribution is -1.93. The van der Waals surface area contributed by atoms with Gasteiger partial charge in [0.2, 0.25) is 0 Å². The van der Waals surface area contributed by atoms with E-state index in [0.717, 1.165) is 0 Å². The molecule has 13 heavy (non-hydrogen) atoms. The number of rotatable bonds is 5. The second-order valence-electron chi connectivity index (χ2n) is 2.93. The molecule has 0 aliphatic heterocycles. The highest BCUT2D eigenvalue weighted by atomic mass is 16.4. The first-order chi connectivity index (χ1) is 6.22. The molecule has 0 saturated carbocycles.